The van der Waals surface area contributed by atoms with Crippen LogP contribution in [0.3, 0.4) is 0 Å². The number of halogens is 1. The van der Waals surface area contributed by atoms with Crippen molar-refractivity contribution < 1.29 is 9.18 Å². The maximum Gasteiger partial charge on any atom is 0.251 e. The van der Waals surface area contributed by atoms with E-state index in [9.17, 15) is 9.18 Å². The van der Waals surface area contributed by atoms with Crippen LogP contribution in [0.2, 0.25) is 0 Å². The fraction of sp³-hybridized carbons (Fsp3) is 0.409. The lowest BCUT2D eigenvalue weighted by molar-refractivity contribution is 0.0950. The quantitative estimate of drug-likeness (QED) is 0.831. The zero-order chi connectivity index (χ0) is 20.1. The Hall–Kier alpha value is -2.44. The Kier molecular flexibility index (Phi) is 6.65. The van der Waals surface area contributed by atoms with E-state index in [0.29, 0.717) is 17.8 Å². The molecule has 0 spiro atoms. The smallest absolute Gasteiger partial charge is 0.251 e. The Morgan fingerprint density at radius 3 is 2.29 bits per heavy atom. The minimum atomic E-state index is -0.397. The van der Waals surface area contributed by atoms with Crippen molar-refractivity contribution in [2.24, 2.45) is 0 Å². The molecule has 150 valence electrons. The van der Waals surface area contributed by atoms with Gasteiger partial charge in [0.2, 0.25) is 0 Å². The van der Waals surface area contributed by atoms with Gasteiger partial charge in [-0.25, -0.2) is 4.39 Å². The molecule has 2 aromatic rings. The topological polar surface area (TPSA) is 38.8 Å². The van der Waals surface area contributed by atoms with Gasteiger partial charge < -0.3 is 15.1 Å². The molecule has 28 heavy (non-hydrogen) atoms. The Bertz CT molecular complexity index is 799. The van der Waals surface area contributed by atoms with E-state index >= 15 is 0 Å². The van der Waals surface area contributed by atoms with Crippen molar-refractivity contribution in [2.75, 3.05) is 52.2 Å². The van der Waals surface area contributed by atoms with Crippen LogP contribution in [0.5, 0.6) is 0 Å². The standard InChI is InChI=1S/C22H29FN4O/c1-25(2)21-9-8-19(14-20(21)23)22(28)24-15-17-4-6-18(7-5-17)16-27-12-10-26(3)11-13-27/h4-9,14H,10-13,15-16H2,1-3H3,(H,24,28). The predicted octanol–water partition coefficient (Wildman–Crippen LogP) is 2.57. The predicted molar refractivity (Wildman–Crippen MR) is 111 cm³/mol. The Morgan fingerprint density at radius 2 is 1.68 bits per heavy atom. The van der Waals surface area contributed by atoms with Crippen molar-refractivity contribution in [3.05, 3.63) is 65.0 Å². The monoisotopic (exact) mass is 384 g/mol. The molecule has 3 rings (SSSR count). The van der Waals surface area contributed by atoms with E-state index in [4.69, 9.17) is 0 Å². The second-order valence-electron chi connectivity index (χ2n) is 7.64. The van der Waals surface area contributed by atoms with E-state index in [1.807, 2.05) is 12.1 Å². The van der Waals surface area contributed by atoms with Crippen molar-refractivity contribution in [1.29, 1.82) is 0 Å². The molecule has 1 heterocycles. The Labute approximate surface area is 166 Å². The number of nitrogens with one attached hydrogen (secondary N) is 1. The van der Waals surface area contributed by atoms with Gasteiger partial charge in [0.05, 0.1) is 5.69 Å². The summed E-state index contributed by atoms with van der Waals surface area (Å²) in [5.74, 6) is -0.670. The van der Waals surface area contributed by atoms with Gasteiger partial charge in [0.1, 0.15) is 5.82 Å². The minimum Gasteiger partial charge on any atom is -0.375 e. The third kappa shape index (κ3) is 5.30. The number of nitrogens with zero attached hydrogens (tertiary/aromatic N) is 3. The molecule has 0 bridgehead atoms. The van der Waals surface area contributed by atoms with Gasteiger partial charge in [-0.3, -0.25) is 9.69 Å². The first-order valence-corrected chi connectivity index (χ1v) is 9.66. The lowest BCUT2D eigenvalue weighted by atomic mass is 10.1. The average molecular weight is 384 g/mol. The van der Waals surface area contributed by atoms with Crippen LogP contribution in [0, 0.1) is 5.82 Å². The first-order chi connectivity index (χ1) is 13.4. The van der Waals surface area contributed by atoms with Crippen molar-refractivity contribution in [3.63, 3.8) is 0 Å². The number of carbonyl (C=O) groups excluding carboxylic acids is 1. The first-order valence-electron chi connectivity index (χ1n) is 9.66. The van der Waals surface area contributed by atoms with Crippen LogP contribution in [0.1, 0.15) is 21.5 Å². The van der Waals surface area contributed by atoms with Crippen LogP contribution in [-0.2, 0) is 13.1 Å². The van der Waals surface area contributed by atoms with Crippen molar-refractivity contribution in [1.82, 2.24) is 15.1 Å². The van der Waals surface area contributed by atoms with Crippen molar-refractivity contribution in [3.8, 4) is 0 Å². The summed E-state index contributed by atoms with van der Waals surface area (Å²) in [6.07, 6.45) is 0. The van der Waals surface area contributed by atoms with Crippen LogP contribution in [0.4, 0.5) is 10.1 Å². The average Bonchev–Trinajstić information content (AvgIpc) is 2.68. The molecule has 0 atom stereocenters. The van der Waals surface area contributed by atoms with E-state index in [0.717, 1.165) is 38.3 Å². The number of carbonyl (C=O) groups is 1. The summed E-state index contributed by atoms with van der Waals surface area (Å²) in [5.41, 5.74) is 3.10. The molecule has 1 saturated heterocycles. The van der Waals surface area contributed by atoms with Gasteiger partial charge >= 0.3 is 0 Å². The van der Waals surface area contributed by atoms with Crippen LogP contribution < -0.4 is 10.2 Å². The van der Waals surface area contributed by atoms with E-state index < -0.39 is 5.82 Å². The molecule has 2 aromatic carbocycles. The third-order valence-corrected chi connectivity index (χ3v) is 5.17. The summed E-state index contributed by atoms with van der Waals surface area (Å²) in [7, 11) is 5.70. The van der Waals surface area contributed by atoms with E-state index in [2.05, 4.69) is 34.3 Å². The highest BCUT2D eigenvalue weighted by Gasteiger charge is 2.14. The molecule has 5 nitrogen and oxygen atoms in total. The van der Waals surface area contributed by atoms with Crippen molar-refractivity contribution in [2.45, 2.75) is 13.1 Å². The minimum absolute atomic E-state index is 0.272. The highest BCUT2D eigenvalue weighted by molar-refractivity contribution is 5.94. The van der Waals surface area contributed by atoms with Gasteiger partial charge in [0.15, 0.2) is 0 Å². The van der Waals surface area contributed by atoms with Crippen LogP contribution in [0.25, 0.3) is 0 Å². The molecule has 0 aliphatic carbocycles. The molecule has 0 aromatic heterocycles. The Balaban J connectivity index is 1.52. The molecule has 0 saturated carbocycles. The first kappa shape index (κ1) is 20.3. The molecule has 1 N–H and O–H groups in total. The van der Waals surface area contributed by atoms with Gasteiger partial charge in [0, 0.05) is 58.9 Å². The fourth-order valence-electron chi connectivity index (χ4n) is 3.32. The highest BCUT2D eigenvalue weighted by atomic mass is 19.1. The van der Waals surface area contributed by atoms with Crippen LogP contribution >= 0.6 is 0 Å². The van der Waals surface area contributed by atoms with Gasteiger partial charge in [-0.15, -0.1) is 0 Å². The van der Waals surface area contributed by atoms with Crippen molar-refractivity contribution >= 4 is 11.6 Å². The molecule has 1 amide bonds. The summed E-state index contributed by atoms with van der Waals surface area (Å²) >= 11 is 0. The molecule has 1 aliphatic rings. The maximum atomic E-state index is 14.1. The van der Waals surface area contributed by atoms with Gasteiger partial charge in [-0.05, 0) is 36.4 Å². The zero-order valence-corrected chi connectivity index (χ0v) is 16.9. The second kappa shape index (κ2) is 9.17. The number of benzene rings is 2. The summed E-state index contributed by atoms with van der Waals surface area (Å²) in [4.78, 5) is 18.8. The molecule has 0 radical (unpaired) electrons. The summed E-state index contributed by atoms with van der Waals surface area (Å²) < 4.78 is 14.1. The molecular weight excluding hydrogens is 355 g/mol. The number of piperazine rings is 1. The highest BCUT2D eigenvalue weighted by Crippen LogP contribution is 2.18. The molecule has 6 heteroatoms. The largest absolute Gasteiger partial charge is 0.375 e. The van der Waals surface area contributed by atoms with E-state index in [1.54, 1.807) is 31.1 Å². The zero-order valence-electron chi connectivity index (χ0n) is 16.9. The fourth-order valence-corrected chi connectivity index (χ4v) is 3.32. The molecule has 1 aliphatic heterocycles. The van der Waals surface area contributed by atoms with Crippen LogP contribution in [-0.4, -0.2) is 63.0 Å². The maximum absolute atomic E-state index is 14.1. The Morgan fingerprint density at radius 1 is 1.04 bits per heavy atom. The second-order valence-corrected chi connectivity index (χ2v) is 7.64. The molecule has 0 unspecified atom stereocenters. The summed E-state index contributed by atoms with van der Waals surface area (Å²) in [6, 6.07) is 12.9. The number of amides is 1. The van der Waals surface area contributed by atoms with Gasteiger partial charge in [-0.2, -0.15) is 0 Å². The molecular formula is C22H29FN4O. The summed E-state index contributed by atoms with van der Waals surface area (Å²) in [5, 5.41) is 2.86. The number of anilines is 1. The number of hydrogen-bond acceptors (Lipinski definition) is 4. The lowest BCUT2D eigenvalue weighted by Crippen LogP contribution is -2.43. The van der Waals surface area contributed by atoms with E-state index in [1.165, 1.54) is 11.6 Å². The normalized spacial score (nSPS) is 15.4. The SMILES string of the molecule is CN1CCN(Cc2ccc(CNC(=O)c3ccc(N(C)C)c(F)c3)cc2)CC1. The summed E-state index contributed by atoms with van der Waals surface area (Å²) in [6.45, 7) is 5.79. The molecule has 1 fully saturated rings. The van der Waals surface area contributed by atoms with Gasteiger partial charge in [-0.1, -0.05) is 24.3 Å². The third-order valence-electron chi connectivity index (χ3n) is 5.17. The number of hydrogen-bond donors (Lipinski definition) is 1. The number of rotatable bonds is 6. The van der Waals surface area contributed by atoms with Gasteiger partial charge in [0.25, 0.3) is 5.91 Å². The van der Waals surface area contributed by atoms with Crippen LogP contribution in [0.15, 0.2) is 42.5 Å². The lowest BCUT2D eigenvalue weighted by Gasteiger charge is -2.32. The van der Waals surface area contributed by atoms with E-state index in [-0.39, 0.29) is 5.91 Å². The number of likely N-dealkylation sites (N-methyl/N-ethyl adjacent to an activating group) is 1.